The minimum Gasteiger partial charge on any atom is -0.468 e. The molecule has 0 amide bonds. The Morgan fingerprint density at radius 1 is 1.22 bits per heavy atom. The van der Waals surface area contributed by atoms with Crippen LogP contribution in [0.25, 0.3) is 10.2 Å². The Morgan fingerprint density at radius 3 is 2.48 bits per heavy atom. The number of nitrogens with zero attached hydrogens (tertiary/aromatic N) is 2. The number of rotatable bonds is 5. The van der Waals surface area contributed by atoms with Crippen molar-refractivity contribution >= 4 is 39.3 Å². The van der Waals surface area contributed by atoms with Gasteiger partial charge in [0.25, 0.3) is 5.56 Å². The highest BCUT2D eigenvalue weighted by Gasteiger charge is 2.27. The minimum atomic E-state index is -0.590. The number of benzene rings is 1. The number of hydrogen-bond acceptors (Lipinski definition) is 6. The van der Waals surface area contributed by atoms with Crippen LogP contribution in [0.2, 0.25) is 0 Å². The Labute approximate surface area is 166 Å². The summed E-state index contributed by atoms with van der Waals surface area (Å²) in [5.74, 6) is -0.366. The molecule has 5 nitrogen and oxygen atoms in total. The van der Waals surface area contributed by atoms with Gasteiger partial charge >= 0.3 is 5.97 Å². The van der Waals surface area contributed by atoms with Gasteiger partial charge < -0.3 is 4.74 Å². The van der Waals surface area contributed by atoms with Gasteiger partial charge in [-0.05, 0) is 38.8 Å². The Morgan fingerprint density at radius 2 is 1.89 bits per heavy atom. The molecule has 0 aliphatic carbocycles. The van der Waals surface area contributed by atoms with E-state index >= 15 is 0 Å². The number of carbonyl (C=O) groups is 1. The number of esters is 1. The van der Waals surface area contributed by atoms with Crippen LogP contribution in [0.15, 0.2) is 40.3 Å². The Bertz CT molecular complexity index is 1040. The first-order chi connectivity index (χ1) is 12.8. The number of ether oxygens (including phenoxy) is 1. The summed E-state index contributed by atoms with van der Waals surface area (Å²) in [6.45, 7) is 7.84. The summed E-state index contributed by atoms with van der Waals surface area (Å²) in [6, 6.07) is 9.34. The summed E-state index contributed by atoms with van der Waals surface area (Å²) >= 11 is 2.77. The number of thiophene rings is 1. The van der Waals surface area contributed by atoms with Crippen LogP contribution >= 0.6 is 23.1 Å². The lowest BCUT2D eigenvalue weighted by Gasteiger charge is -2.19. The van der Waals surface area contributed by atoms with Gasteiger partial charge in [-0.1, -0.05) is 42.1 Å². The predicted molar refractivity (Wildman–Crippen MR) is 111 cm³/mol. The maximum atomic E-state index is 13.2. The summed E-state index contributed by atoms with van der Waals surface area (Å²) < 4.78 is 6.68. The van der Waals surface area contributed by atoms with E-state index in [-0.39, 0.29) is 17.6 Å². The molecular formula is C20H22N2O3S2. The van der Waals surface area contributed by atoms with E-state index in [0.717, 1.165) is 16.0 Å². The van der Waals surface area contributed by atoms with Crippen LogP contribution in [0.4, 0.5) is 0 Å². The number of methoxy groups -OCH3 is 1. The minimum absolute atomic E-state index is 0.0592. The molecule has 0 N–H and O–H groups in total. The highest BCUT2D eigenvalue weighted by Crippen LogP contribution is 2.37. The molecule has 0 radical (unpaired) electrons. The van der Waals surface area contributed by atoms with Crippen LogP contribution in [-0.4, -0.2) is 22.6 Å². The predicted octanol–water partition coefficient (Wildman–Crippen LogP) is 4.66. The number of thioether (sulfide) groups is 1. The summed E-state index contributed by atoms with van der Waals surface area (Å²) in [6.07, 6.45) is 0. The maximum absolute atomic E-state index is 13.2. The lowest BCUT2D eigenvalue weighted by molar-refractivity contribution is -0.140. The average Bonchev–Trinajstić information content (AvgIpc) is 2.93. The second-order valence-corrected chi connectivity index (χ2v) is 8.83. The molecule has 3 aromatic rings. The first-order valence-corrected chi connectivity index (χ1v) is 10.4. The van der Waals surface area contributed by atoms with Crippen molar-refractivity contribution in [3.05, 3.63) is 56.7 Å². The topological polar surface area (TPSA) is 61.2 Å². The molecule has 7 heteroatoms. The van der Waals surface area contributed by atoms with Gasteiger partial charge in [0.05, 0.1) is 12.5 Å². The fourth-order valence-electron chi connectivity index (χ4n) is 2.92. The van der Waals surface area contributed by atoms with Gasteiger partial charge in [0, 0.05) is 10.9 Å². The molecule has 0 bridgehead atoms. The Kier molecular flexibility index (Phi) is 5.72. The first kappa shape index (κ1) is 19.6. The average molecular weight is 403 g/mol. The van der Waals surface area contributed by atoms with Crippen LogP contribution in [0, 0.1) is 13.8 Å². The maximum Gasteiger partial charge on any atom is 0.323 e. The smallest absolute Gasteiger partial charge is 0.323 e. The molecule has 2 aromatic heterocycles. The highest BCUT2D eigenvalue weighted by atomic mass is 32.2. The molecule has 3 rings (SSSR count). The summed E-state index contributed by atoms with van der Waals surface area (Å²) in [4.78, 5) is 32.2. The van der Waals surface area contributed by atoms with E-state index in [9.17, 15) is 9.59 Å². The molecule has 1 aromatic carbocycles. The zero-order valence-corrected chi connectivity index (χ0v) is 17.6. The van der Waals surface area contributed by atoms with E-state index in [4.69, 9.17) is 9.72 Å². The third-order valence-electron chi connectivity index (χ3n) is 4.46. The third kappa shape index (κ3) is 3.66. The number of aryl methyl sites for hydroxylation is 2. The molecule has 142 valence electrons. The van der Waals surface area contributed by atoms with Gasteiger partial charge in [0.15, 0.2) is 5.16 Å². The monoisotopic (exact) mass is 402 g/mol. The normalized spacial score (nSPS) is 12.5. The fourth-order valence-corrected chi connectivity index (χ4v) is 5.24. The molecule has 0 saturated carbocycles. The van der Waals surface area contributed by atoms with Crippen molar-refractivity contribution in [1.82, 2.24) is 9.55 Å². The van der Waals surface area contributed by atoms with Gasteiger partial charge in [0.1, 0.15) is 10.1 Å². The van der Waals surface area contributed by atoms with Gasteiger partial charge in [-0.3, -0.25) is 14.2 Å². The largest absolute Gasteiger partial charge is 0.468 e. The van der Waals surface area contributed by atoms with E-state index in [2.05, 4.69) is 0 Å². The first-order valence-electron chi connectivity index (χ1n) is 8.66. The second kappa shape index (κ2) is 7.86. The molecule has 27 heavy (non-hydrogen) atoms. The molecule has 0 aliphatic heterocycles. The van der Waals surface area contributed by atoms with E-state index in [1.165, 1.54) is 30.2 Å². The zero-order chi connectivity index (χ0) is 19.7. The zero-order valence-electron chi connectivity index (χ0n) is 16.0. The summed E-state index contributed by atoms with van der Waals surface area (Å²) in [7, 11) is 1.37. The second-order valence-electron chi connectivity index (χ2n) is 6.56. The van der Waals surface area contributed by atoms with Crippen LogP contribution in [0.5, 0.6) is 0 Å². The lowest BCUT2D eigenvalue weighted by atomic mass is 10.1. The molecule has 0 aliphatic rings. The molecule has 0 saturated heterocycles. The molecule has 1 atom stereocenters. The summed E-state index contributed by atoms with van der Waals surface area (Å²) in [5, 5.41) is 0.612. The van der Waals surface area contributed by atoms with Gasteiger partial charge in [-0.25, -0.2) is 4.98 Å². The number of carbonyl (C=O) groups excluding carboxylic acids is 1. The standard InChI is InChI=1S/C20H22N2O3S2/c1-11(2)22-18(23)15-12(3)13(4)26-17(15)21-20(22)27-16(19(24)25-5)14-9-7-6-8-10-14/h6-11,16H,1-5H3. The number of hydrogen-bond donors (Lipinski definition) is 0. The van der Waals surface area contributed by atoms with Crippen molar-refractivity contribution in [1.29, 1.82) is 0 Å². The molecule has 0 fully saturated rings. The van der Waals surface area contributed by atoms with Gasteiger partial charge in [-0.2, -0.15) is 0 Å². The fraction of sp³-hybridized carbons (Fsp3) is 0.350. The van der Waals surface area contributed by atoms with Crippen molar-refractivity contribution in [2.45, 2.75) is 44.1 Å². The van der Waals surface area contributed by atoms with Crippen LogP contribution in [0.1, 0.15) is 41.1 Å². The van der Waals surface area contributed by atoms with Crippen LogP contribution < -0.4 is 5.56 Å². The molecule has 1 unspecified atom stereocenters. The van der Waals surface area contributed by atoms with Crippen molar-refractivity contribution < 1.29 is 9.53 Å². The van der Waals surface area contributed by atoms with E-state index in [0.29, 0.717) is 15.4 Å². The van der Waals surface area contributed by atoms with Crippen molar-refractivity contribution in [3.63, 3.8) is 0 Å². The number of fused-ring (bicyclic) bond motifs is 1. The molecule has 0 spiro atoms. The highest BCUT2D eigenvalue weighted by molar-refractivity contribution is 8.00. The van der Waals surface area contributed by atoms with E-state index in [1.54, 1.807) is 4.57 Å². The lowest BCUT2D eigenvalue weighted by Crippen LogP contribution is -2.25. The summed E-state index contributed by atoms with van der Waals surface area (Å²) in [5.41, 5.74) is 1.74. The van der Waals surface area contributed by atoms with Crippen molar-refractivity contribution in [3.8, 4) is 0 Å². The number of aromatic nitrogens is 2. The Hall–Kier alpha value is -2.12. The van der Waals surface area contributed by atoms with E-state index in [1.807, 2.05) is 58.0 Å². The van der Waals surface area contributed by atoms with Gasteiger partial charge in [0.2, 0.25) is 0 Å². The molecule has 2 heterocycles. The SMILES string of the molecule is COC(=O)C(Sc1nc2sc(C)c(C)c2c(=O)n1C(C)C)c1ccccc1. The third-order valence-corrected chi connectivity index (χ3v) is 6.76. The van der Waals surface area contributed by atoms with Crippen LogP contribution in [-0.2, 0) is 9.53 Å². The Balaban J connectivity index is 2.18. The van der Waals surface area contributed by atoms with Crippen molar-refractivity contribution in [2.24, 2.45) is 0 Å². The van der Waals surface area contributed by atoms with Gasteiger partial charge in [-0.15, -0.1) is 11.3 Å². The van der Waals surface area contributed by atoms with E-state index < -0.39 is 5.25 Å². The quantitative estimate of drug-likeness (QED) is 0.353. The molecular weight excluding hydrogens is 380 g/mol. The van der Waals surface area contributed by atoms with Crippen LogP contribution in [0.3, 0.4) is 0 Å². The van der Waals surface area contributed by atoms with Crippen molar-refractivity contribution in [2.75, 3.05) is 7.11 Å².